The minimum Gasteiger partial charge on any atom is -0.481 e. The summed E-state index contributed by atoms with van der Waals surface area (Å²) in [6.07, 6.45) is 2.40. The summed E-state index contributed by atoms with van der Waals surface area (Å²) in [6, 6.07) is 5.04. The van der Waals surface area contributed by atoms with Crippen LogP contribution in [0.2, 0.25) is 0 Å². The molecule has 3 N–H and O–H groups in total. The molecule has 144 valence electrons. The van der Waals surface area contributed by atoms with Gasteiger partial charge in [0.15, 0.2) is 0 Å². The number of hydrogen-bond donors (Lipinski definition) is 3. The molecule has 27 heavy (non-hydrogen) atoms. The predicted octanol–water partition coefficient (Wildman–Crippen LogP) is 2.24. The fourth-order valence-corrected chi connectivity index (χ4v) is 4.68. The molecule has 2 saturated heterocycles. The Hall–Kier alpha value is -2.77. The molecule has 2 aliphatic heterocycles. The van der Waals surface area contributed by atoms with E-state index in [0.29, 0.717) is 31.7 Å². The number of nitrogens with one attached hydrogen (secondary N) is 2. The van der Waals surface area contributed by atoms with Crippen LogP contribution in [0.1, 0.15) is 24.8 Å². The van der Waals surface area contributed by atoms with Crippen LogP contribution in [0.15, 0.2) is 18.2 Å². The second kappa shape index (κ2) is 6.44. The number of anilines is 2. The summed E-state index contributed by atoms with van der Waals surface area (Å²) in [6.45, 7) is 3.84. The highest BCUT2D eigenvalue weighted by Crippen LogP contribution is 2.49. The maximum Gasteiger partial charge on any atom is 0.322 e. The van der Waals surface area contributed by atoms with E-state index in [1.807, 2.05) is 13.0 Å². The number of hydrogen-bond acceptors (Lipinski definition) is 3. The second-order valence-electron chi connectivity index (χ2n) is 7.75. The molecule has 8 nitrogen and oxygen atoms in total. The zero-order chi connectivity index (χ0) is 19.2. The largest absolute Gasteiger partial charge is 0.481 e. The lowest BCUT2D eigenvalue weighted by molar-refractivity contribution is -0.149. The van der Waals surface area contributed by atoms with E-state index in [0.717, 1.165) is 24.1 Å². The van der Waals surface area contributed by atoms with Gasteiger partial charge in [-0.05, 0) is 43.4 Å². The minimum atomic E-state index is -0.794. The van der Waals surface area contributed by atoms with Crippen molar-refractivity contribution >= 4 is 29.4 Å². The average molecular weight is 372 g/mol. The minimum absolute atomic E-state index is 0.0302. The zero-order valence-electron chi connectivity index (χ0n) is 15.3. The molecule has 0 radical (unpaired) electrons. The monoisotopic (exact) mass is 372 g/mol. The van der Waals surface area contributed by atoms with Gasteiger partial charge in [0, 0.05) is 31.9 Å². The molecule has 0 spiro atoms. The lowest BCUT2D eigenvalue weighted by atomic mass is 9.81. The fourth-order valence-electron chi connectivity index (χ4n) is 4.68. The Balaban J connectivity index is 1.49. The van der Waals surface area contributed by atoms with E-state index < -0.39 is 11.4 Å². The van der Waals surface area contributed by atoms with Gasteiger partial charge in [-0.3, -0.25) is 9.69 Å². The SMILES string of the molecule is Cc1ccc(NC(=O)N2C[C@@H]3CCC[C@@]3(C(=O)O)C2)cc1N1CCNC1=O. The van der Waals surface area contributed by atoms with Crippen LogP contribution in [-0.4, -0.2) is 54.2 Å². The van der Waals surface area contributed by atoms with Crippen LogP contribution in [0.25, 0.3) is 0 Å². The summed E-state index contributed by atoms with van der Waals surface area (Å²) in [4.78, 5) is 39.7. The number of nitrogens with zero attached hydrogens (tertiary/aromatic N) is 2. The van der Waals surface area contributed by atoms with Crippen LogP contribution < -0.4 is 15.5 Å². The number of fused-ring (bicyclic) bond motifs is 1. The van der Waals surface area contributed by atoms with E-state index >= 15 is 0 Å². The number of likely N-dealkylation sites (tertiary alicyclic amines) is 1. The van der Waals surface area contributed by atoms with E-state index in [1.165, 1.54) is 0 Å². The van der Waals surface area contributed by atoms with Gasteiger partial charge in [-0.15, -0.1) is 0 Å². The molecule has 4 rings (SSSR count). The summed E-state index contributed by atoms with van der Waals surface area (Å²) < 4.78 is 0. The zero-order valence-corrected chi connectivity index (χ0v) is 15.3. The summed E-state index contributed by atoms with van der Waals surface area (Å²) in [5.41, 5.74) is 1.53. The molecule has 3 fully saturated rings. The Kier molecular flexibility index (Phi) is 4.20. The van der Waals surface area contributed by atoms with Gasteiger partial charge in [0.2, 0.25) is 0 Å². The van der Waals surface area contributed by atoms with Gasteiger partial charge in [-0.2, -0.15) is 0 Å². The van der Waals surface area contributed by atoms with Gasteiger partial charge in [0.25, 0.3) is 0 Å². The maximum absolute atomic E-state index is 12.7. The normalized spacial score (nSPS) is 26.9. The smallest absolute Gasteiger partial charge is 0.322 e. The first-order valence-corrected chi connectivity index (χ1v) is 9.36. The number of urea groups is 2. The highest BCUT2D eigenvalue weighted by Gasteiger charge is 2.55. The number of amides is 4. The summed E-state index contributed by atoms with van der Waals surface area (Å²) >= 11 is 0. The molecule has 1 saturated carbocycles. The third-order valence-electron chi connectivity index (χ3n) is 6.19. The molecule has 1 aromatic carbocycles. The number of aryl methyl sites for hydroxylation is 1. The molecular weight excluding hydrogens is 348 g/mol. The van der Waals surface area contributed by atoms with Crippen molar-refractivity contribution in [1.29, 1.82) is 0 Å². The Morgan fingerprint density at radius 3 is 2.85 bits per heavy atom. The number of benzene rings is 1. The molecule has 4 amide bonds. The van der Waals surface area contributed by atoms with Gasteiger partial charge in [-0.25, -0.2) is 9.59 Å². The Morgan fingerprint density at radius 2 is 2.19 bits per heavy atom. The lowest BCUT2D eigenvalue weighted by Crippen LogP contribution is -2.38. The van der Waals surface area contributed by atoms with Crippen LogP contribution >= 0.6 is 0 Å². The predicted molar refractivity (Wildman–Crippen MR) is 99.9 cm³/mol. The number of carboxylic acid groups (broad SMARTS) is 1. The molecule has 8 heteroatoms. The molecule has 2 atom stereocenters. The van der Waals surface area contributed by atoms with Crippen molar-refractivity contribution in [2.45, 2.75) is 26.2 Å². The van der Waals surface area contributed by atoms with Crippen molar-refractivity contribution in [2.75, 3.05) is 36.4 Å². The van der Waals surface area contributed by atoms with Gasteiger partial charge in [-0.1, -0.05) is 12.5 Å². The Bertz CT molecular complexity index is 811. The van der Waals surface area contributed by atoms with Crippen LogP contribution in [0.5, 0.6) is 0 Å². The summed E-state index contributed by atoms with van der Waals surface area (Å²) in [7, 11) is 0. The van der Waals surface area contributed by atoms with Crippen LogP contribution in [0.4, 0.5) is 21.0 Å². The van der Waals surface area contributed by atoms with Crippen LogP contribution in [0, 0.1) is 18.3 Å². The molecule has 2 heterocycles. The number of aliphatic carboxylic acids is 1. The van der Waals surface area contributed by atoms with E-state index in [-0.39, 0.29) is 24.5 Å². The van der Waals surface area contributed by atoms with Crippen LogP contribution in [0.3, 0.4) is 0 Å². The number of carboxylic acids is 1. The third kappa shape index (κ3) is 2.89. The first-order valence-electron chi connectivity index (χ1n) is 9.36. The number of carbonyl (C=O) groups excluding carboxylic acids is 2. The van der Waals surface area contributed by atoms with Crippen molar-refractivity contribution < 1.29 is 19.5 Å². The van der Waals surface area contributed by atoms with E-state index in [1.54, 1.807) is 21.9 Å². The standard InChI is InChI=1S/C19H24N4O4/c1-12-4-5-14(9-15(12)23-8-7-20-17(23)26)21-18(27)22-10-13-3-2-6-19(13,11-22)16(24)25/h4-5,9,13H,2-3,6-8,10-11H2,1H3,(H,20,26)(H,21,27)(H,24,25)/t13-,19+/m0/s1. The third-order valence-corrected chi connectivity index (χ3v) is 6.19. The quantitative estimate of drug-likeness (QED) is 0.757. The number of rotatable bonds is 3. The van der Waals surface area contributed by atoms with Gasteiger partial charge < -0.3 is 20.6 Å². The first-order chi connectivity index (χ1) is 12.9. The topological polar surface area (TPSA) is 102 Å². The lowest BCUT2D eigenvalue weighted by Gasteiger charge is -2.23. The average Bonchev–Trinajstić information content (AvgIpc) is 3.30. The Labute approximate surface area is 157 Å². The second-order valence-corrected chi connectivity index (χ2v) is 7.75. The Morgan fingerprint density at radius 1 is 1.37 bits per heavy atom. The molecule has 0 bridgehead atoms. The number of carbonyl (C=O) groups is 3. The first kappa shape index (κ1) is 17.6. The molecule has 0 unspecified atom stereocenters. The van der Waals surface area contributed by atoms with Crippen molar-refractivity contribution in [3.63, 3.8) is 0 Å². The summed E-state index contributed by atoms with van der Waals surface area (Å²) in [5.74, 6) is -0.763. The van der Waals surface area contributed by atoms with Gasteiger partial charge in [0.05, 0.1) is 11.1 Å². The molecule has 1 aliphatic carbocycles. The summed E-state index contributed by atoms with van der Waals surface area (Å²) in [5, 5.41) is 15.3. The fraction of sp³-hybridized carbons (Fsp3) is 0.526. The molecule has 0 aromatic heterocycles. The van der Waals surface area contributed by atoms with Crippen molar-refractivity contribution in [3.8, 4) is 0 Å². The molecule has 3 aliphatic rings. The van der Waals surface area contributed by atoms with Crippen molar-refractivity contribution in [2.24, 2.45) is 11.3 Å². The molecular formula is C19H24N4O4. The van der Waals surface area contributed by atoms with Crippen molar-refractivity contribution in [1.82, 2.24) is 10.2 Å². The highest BCUT2D eigenvalue weighted by atomic mass is 16.4. The van der Waals surface area contributed by atoms with E-state index in [4.69, 9.17) is 0 Å². The molecule has 1 aromatic rings. The highest BCUT2D eigenvalue weighted by molar-refractivity contribution is 5.97. The van der Waals surface area contributed by atoms with Gasteiger partial charge in [0.1, 0.15) is 0 Å². The van der Waals surface area contributed by atoms with Crippen LogP contribution in [-0.2, 0) is 4.79 Å². The van der Waals surface area contributed by atoms with E-state index in [2.05, 4.69) is 10.6 Å². The maximum atomic E-state index is 12.7. The van der Waals surface area contributed by atoms with E-state index in [9.17, 15) is 19.5 Å². The van der Waals surface area contributed by atoms with Gasteiger partial charge >= 0.3 is 18.0 Å². The van der Waals surface area contributed by atoms with Crippen molar-refractivity contribution in [3.05, 3.63) is 23.8 Å².